The van der Waals surface area contributed by atoms with E-state index in [-0.39, 0.29) is 6.03 Å². The number of carbonyl (C=O) groups is 1. The molecule has 104 valence electrons. The predicted molar refractivity (Wildman–Crippen MR) is 82.6 cm³/mol. The molecule has 1 N–H and O–H groups in total. The maximum absolute atomic E-state index is 12.3. The number of nitrogens with one attached hydrogen (secondary N) is 1. The second-order valence-corrected chi connectivity index (χ2v) is 5.90. The zero-order valence-corrected chi connectivity index (χ0v) is 13.0. The van der Waals surface area contributed by atoms with Crippen molar-refractivity contribution in [2.45, 2.75) is 39.0 Å². The highest BCUT2D eigenvalue weighted by molar-refractivity contribution is 9.10. The summed E-state index contributed by atoms with van der Waals surface area (Å²) in [4.78, 5) is 14.2. The summed E-state index contributed by atoms with van der Waals surface area (Å²) < 4.78 is 1.05. The Morgan fingerprint density at radius 2 is 1.95 bits per heavy atom. The first kappa shape index (κ1) is 14.4. The summed E-state index contributed by atoms with van der Waals surface area (Å²) in [7, 11) is 0. The van der Waals surface area contributed by atoms with E-state index in [1.54, 1.807) is 0 Å². The van der Waals surface area contributed by atoms with E-state index in [9.17, 15) is 4.79 Å². The van der Waals surface area contributed by atoms with Crippen LogP contribution in [-0.2, 0) is 6.42 Å². The molecule has 0 atom stereocenters. The van der Waals surface area contributed by atoms with Crippen molar-refractivity contribution in [3.05, 3.63) is 28.2 Å². The third-order valence-corrected chi connectivity index (χ3v) is 4.08. The van der Waals surface area contributed by atoms with Crippen LogP contribution >= 0.6 is 15.9 Å². The average Bonchev–Trinajstić information content (AvgIpc) is 2.69. The second-order valence-electron chi connectivity index (χ2n) is 4.99. The van der Waals surface area contributed by atoms with Crippen LogP contribution in [0.1, 0.15) is 38.2 Å². The minimum Gasteiger partial charge on any atom is -0.325 e. The molecular weight excluding hydrogens is 304 g/mol. The van der Waals surface area contributed by atoms with Gasteiger partial charge in [-0.1, -0.05) is 35.7 Å². The van der Waals surface area contributed by atoms with Gasteiger partial charge in [-0.3, -0.25) is 0 Å². The highest BCUT2D eigenvalue weighted by atomic mass is 79.9. The molecule has 0 aliphatic carbocycles. The number of halogens is 1. The highest BCUT2D eigenvalue weighted by Crippen LogP contribution is 2.22. The summed E-state index contributed by atoms with van der Waals surface area (Å²) in [6.07, 6.45) is 5.63. The Balaban J connectivity index is 2.05. The van der Waals surface area contributed by atoms with Gasteiger partial charge in [-0.25, -0.2) is 4.79 Å². The van der Waals surface area contributed by atoms with Crippen LogP contribution in [0.3, 0.4) is 0 Å². The number of rotatable bonds is 2. The van der Waals surface area contributed by atoms with Gasteiger partial charge < -0.3 is 10.2 Å². The lowest BCUT2D eigenvalue weighted by Crippen LogP contribution is -2.35. The molecule has 1 aliphatic rings. The molecule has 0 spiro atoms. The second kappa shape index (κ2) is 6.94. The monoisotopic (exact) mass is 324 g/mol. The predicted octanol–water partition coefficient (Wildman–Crippen LogP) is 4.42. The number of urea groups is 1. The fourth-order valence-corrected chi connectivity index (χ4v) is 2.85. The van der Waals surface area contributed by atoms with Crippen molar-refractivity contribution in [1.29, 1.82) is 0 Å². The summed E-state index contributed by atoms with van der Waals surface area (Å²) in [5.41, 5.74) is 2.09. The topological polar surface area (TPSA) is 32.3 Å². The van der Waals surface area contributed by atoms with Crippen LogP contribution in [0.5, 0.6) is 0 Å². The van der Waals surface area contributed by atoms with Crippen LogP contribution in [0.25, 0.3) is 0 Å². The van der Waals surface area contributed by atoms with Crippen LogP contribution in [0.2, 0.25) is 0 Å². The molecule has 2 amide bonds. The van der Waals surface area contributed by atoms with Gasteiger partial charge in [-0.05, 0) is 43.0 Å². The number of benzene rings is 1. The maximum atomic E-state index is 12.3. The molecular formula is C15H21BrN2O. The smallest absolute Gasteiger partial charge is 0.321 e. The van der Waals surface area contributed by atoms with E-state index in [1.165, 1.54) is 12.8 Å². The molecule has 1 aliphatic heterocycles. The molecule has 3 nitrogen and oxygen atoms in total. The van der Waals surface area contributed by atoms with Crippen LogP contribution in [-0.4, -0.2) is 24.0 Å². The van der Waals surface area contributed by atoms with E-state index in [1.807, 2.05) is 17.0 Å². The number of amides is 2. The molecule has 0 unspecified atom stereocenters. The van der Waals surface area contributed by atoms with Crippen LogP contribution < -0.4 is 5.32 Å². The lowest BCUT2D eigenvalue weighted by molar-refractivity contribution is 0.213. The minimum absolute atomic E-state index is 0.0407. The number of aryl methyl sites for hydroxylation is 1. The number of likely N-dealkylation sites (tertiary alicyclic amines) is 1. The molecule has 2 rings (SSSR count). The SMILES string of the molecule is CCc1cc(Br)ccc1NC(=O)N1CCCCCC1. The largest absolute Gasteiger partial charge is 0.325 e. The van der Waals surface area contributed by atoms with Gasteiger partial charge in [-0.15, -0.1) is 0 Å². The Morgan fingerprint density at radius 3 is 2.58 bits per heavy atom. The molecule has 0 bridgehead atoms. The Bertz CT molecular complexity index is 440. The van der Waals surface area contributed by atoms with Crippen molar-refractivity contribution in [3.8, 4) is 0 Å². The summed E-state index contributed by atoms with van der Waals surface area (Å²) >= 11 is 3.47. The van der Waals surface area contributed by atoms with Crippen molar-refractivity contribution in [3.63, 3.8) is 0 Å². The van der Waals surface area contributed by atoms with Crippen LogP contribution in [0.4, 0.5) is 10.5 Å². The molecule has 0 radical (unpaired) electrons. The highest BCUT2D eigenvalue weighted by Gasteiger charge is 2.16. The van der Waals surface area contributed by atoms with Crippen molar-refractivity contribution in [2.24, 2.45) is 0 Å². The zero-order valence-electron chi connectivity index (χ0n) is 11.4. The third-order valence-electron chi connectivity index (χ3n) is 3.58. The van der Waals surface area contributed by atoms with Crippen molar-refractivity contribution >= 4 is 27.6 Å². The molecule has 1 heterocycles. The van der Waals surface area contributed by atoms with E-state index in [0.29, 0.717) is 0 Å². The number of anilines is 1. The van der Waals surface area contributed by atoms with Crippen molar-refractivity contribution < 1.29 is 4.79 Å². The van der Waals surface area contributed by atoms with E-state index in [0.717, 1.165) is 48.1 Å². The fraction of sp³-hybridized carbons (Fsp3) is 0.533. The molecule has 1 saturated heterocycles. The Hall–Kier alpha value is -1.03. The van der Waals surface area contributed by atoms with Gasteiger partial charge in [0, 0.05) is 23.2 Å². The summed E-state index contributed by atoms with van der Waals surface area (Å²) in [6.45, 7) is 3.86. The van der Waals surface area contributed by atoms with E-state index >= 15 is 0 Å². The summed E-state index contributed by atoms with van der Waals surface area (Å²) in [5.74, 6) is 0. The van der Waals surface area contributed by atoms with E-state index < -0.39 is 0 Å². The van der Waals surface area contributed by atoms with Crippen LogP contribution in [0.15, 0.2) is 22.7 Å². The minimum atomic E-state index is 0.0407. The number of carbonyl (C=O) groups excluding carboxylic acids is 1. The van der Waals surface area contributed by atoms with Gasteiger partial charge in [0.1, 0.15) is 0 Å². The normalized spacial score (nSPS) is 16.0. The Labute approximate surface area is 123 Å². The molecule has 19 heavy (non-hydrogen) atoms. The van der Waals surface area contributed by atoms with E-state index in [4.69, 9.17) is 0 Å². The first-order valence-electron chi connectivity index (χ1n) is 7.05. The van der Waals surface area contributed by atoms with Gasteiger partial charge in [0.2, 0.25) is 0 Å². The first-order valence-corrected chi connectivity index (χ1v) is 7.84. The van der Waals surface area contributed by atoms with Crippen molar-refractivity contribution in [1.82, 2.24) is 4.90 Å². The number of nitrogens with zero attached hydrogens (tertiary/aromatic N) is 1. The standard InChI is InChI=1S/C15H21BrN2O/c1-2-12-11-13(16)7-8-14(12)17-15(19)18-9-5-3-4-6-10-18/h7-8,11H,2-6,9-10H2,1H3,(H,17,19). The van der Waals surface area contributed by atoms with Crippen molar-refractivity contribution in [2.75, 3.05) is 18.4 Å². The first-order chi connectivity index (χ1) is 9.20. The molecule has 4 heteroatoms. The van der Waals surface area contributed by atoms with Gasteiger partial charge in [0.15, 0.2) is 0 Å². The summed E-state index contributed by atoms with van der Waals surface area (Å²) in [6, 6.07) is 6.05. The van der Waals surface area contributed by atoms with Gasteiger partial charge >= 0.3 is 6.03 Å². The number of hydrogen-bond donors (Lipinski definition) is 1. The summed E-state index contributed by atoms with van der Waals surface area (Å²) in [5, 5.41) is 3.05. The van der Waals surface area contributed by atoms with Gasteiger partial charge in [-0.2, -0.15) is 0 Å². The van der Waals surface area contributed by atoms with Gasteiger partial charge in [0.05, 0.1) is 0 Å². The molecule has 1 aromatic rings. The van der Waals surface area contributed by atoms with E-state index in [2.05, 4.69) is 34.2 Å². The molecule has 1 aromatic carbocycles. The quantitative estimate of drug-likeness (QED) is 0.858. The molecule has 0 aromatic heterocycles. The lowest BCUT2D eigenvalue weighted by atomic mass is 10.1. The average molecular weight is 325 g/mol. The Kier molecular flexibility index (Phi) is 5.25. The Morgan fingerprint density at radius 1 is 1.26 bits per heavy atom. The third kappa shape index (κ3) is 3.96. The number of hydrogen-bond acceptors (Lipinski definition) is 1. The zero-order chi connectivity index (χ0) is 13.7. The fourth-order valence-electron chi connectivity index (χ4n) is 2.44. The molecule has 0 saturated carbocycles. The molecule has 1 fully saturated rings. The lowest BCUT2D eigenvalue weighted by Gasteiger charge is -2.21. The van der Waals surface area contributed by atoms with Gasteiger partial charge in [0.25, 0.3) is 0 Å². The maximum Gasteiger partial charge on any atom is 0.321 e. The van der Waals surface area contributed by atoms with Crippen LogP contribution in [0, 0.1) is 0 Å².